The van der Waals surface area contributed by atoms with E-state index in [4.69, 9.17) is 0 Å². The SMILES string of the molecule is CN(C)C1CCCN(CC(=O)c2ccc(F)cc2)C1. The summed E-state index contributed by atoms with van der Waals surface area (Å²) in [4.78, 5) is 16.5. The molecule has 1 fully saturated rings. The van der Waals surface area contributed by atoms with Crippen LogP contribution in [0.1, 0.15) is 23.2 Å². The second kappa shape index (κ2) is 6.26. The van der Waals surface area contributed by atoms with Crippen LogP contribution in [0.4, 0.5) is 4.39 Å². The molecule has 104 valence electrons. The molecular formula is C15H21FN2O. The number of halogens is 1. The number of nitrogens with zero attached hydrogens (tertiary/aromatic N) is 2. The van der Waals surface area contributed by atoms with Crippen molar-refractivity contribution in [1.29, 1.82) is 0 Å². The molecule has 0 spiro atoms. The van der Waals surface area contributed by atoms with Gasteiger partial charge >= 0.3 is 0 Å². The highest BCUT2D eigenvalue weighted by Crippen LogP contribution is 2.14. The highest BCUT2D eigenvalue weighted by molar-refractivity contribution is 5.97. The Bertz CT molecular complexity index is 430. The predicted octanol–water partition coefficient (Wildman–Crippen LogP) is 2.03. The molecule has 0 amide bonds. The first-order valence-electron chi connectivity index (χ1n) is 6.74. The van der Waals surface area contributed by atoms with Gasteiger partial charge in [-0.15, -0.1) is 0 Å². The van der Waals surface area contributed by atoms with Crippen LogP contribution < -0.4 is 0 Å². The first kappa shape index (κ1) is 14.2. The van der Waals surface area contributed by atoms with E-state index in [-0.39, 0.29) is 11.6 Å². The van der Waals surface area contributed by atoms with E-state index in [9.17, 15) is 9.18 Å². The smallest absolute Gasteiger partial charge is 0.176 e. The van der Waals surface area contributed by atoms with Crippen LogP contribution in [0.25, 0.3) is 0 Å². The van der Waals surface area contributed by atoms with Crippen LogP contribution in [0.5, 0.6) is 0 Å². The molecule has 1 heterocycles. The largest absolute Gasteiger partial charge is 0.305 e. The number of rotatable bonds is 4. The minimum atomic E-state index is -0.304. The van der Waals surface area contributed by atoms with Gasteiger partial charge in [-0.05, 0) is 57.7 Å². The normalized spacial score (nSPS) is 20.7. The molecule has 2 rings (SSSR count). The monoisotopic (exact) mass is 264 g/mol. The number of ketones is 1. The Morgan fingerprint density at radius 3 is 2.68 bits per heavy atom. The molecule has 0 bridgehead atoms. The van der Waals surface area contributed by atoms with Crippen molar-refractivity contribution in [1.82, 2.24) is 9.80 Å². The van der Waals surface area contributed by atoms with E-state index in [1.165, 1.54) is 18.6 Å². The first-order chi connectivity index (χ1) is 9.06. The van der Waals surface area contributed by atoms with E-state index < -0.39 is 0 Å². The average molecular weight is 264 g/mol. The van der Waals surface area contributed by atoms with Gasteiger partial charge in [-0.2, -0.15) is 0 Å². The third-order valence-corrected chi connectivity index (χ3v) is 3.74. The van der Waals surface area contributed by atoms with Crippen LogP contribution in [0, 0.1) is 5.82 Å². The van der Waals surface area contributed by atoms with Crippen LogP contribution in [0.2, 0.25) is 0 Å². The molecule has 0 aromatic heterocycles. The molecule has 1 unspecified atom stereocenters. The van der Waals surface area contributed by atoms with Gasteiger partial charge in [-0.25, -0.2) is 4.39 Å². The maximum atomic E-state index is 12.8. The van der Waals surface area contributed by atoms with Crippen molar-refractivity contribution in [3.8, 4) is 0 Å². The fourth-order valence-corrected chi connectivity index (χ4v) is 2.53. The molecular weight excluding hydrogens is 243 g/mol. The third kappa shape index (κ3) is 3.85. The van der Waals surface area contributed by atoms with Gasteiger partial charge in [0.15, 0.2) is 5.78 Å². The van der Waals surface area contributed by atoms with Gasteiger partial charge in [-0.3, -0.25) is 9.69 Å². The molecule has 4 heteroatoms. The highest BCUT2D eigenvalue weighted by Gasteiger charge is 2.23. The fraction of sp³-hybridized carbons (Fsp3) is 0.533. The molecule has 3 nitrogen and oxygen atoms in total. The van der Waals surface area contributed by atoms with E-state index in [2.05, 4.69) is 23.9 Å². The lowest BCUT2D eigenvalue weighted by atomic mass is 10.0. The summed E-state index contributed by atoms with van der Waals surface area (Å²) in [7, 11) is 4.16. The molecule has 0 N–H and O–H groups in total. The summed E-state index contributed by atoms with van der Waals surface area (Å²) in [6, 6.07) is 6.32. The van der Waals surface area contributed by atoms with Crippen LogP contribution in [0.3, 0.4) is 0 Å². The number of benzene rings is 1. The highest BCUT2D eigenvalue weighted by atomic mass is 19.1. The first-order valence-corrected chi connectivity index (χ1v) is 6.74. The summed E-state index contributed by atoms with van der Waals surface area (Å²) in [5, 5.41) is 0. The molecule has 1 aromatic rings. The predicted molar refractivity (Wildman–Crippen MR) is 73.9 cm³/mol. The standard InChI is InChI=1S/C15H21FN2O/c1-17(2)14-4-3-9-18(10-14)11-15(19)12-5-7-13(16)8-6-12/h5-8,14H,3-4,9-11H2,1-2H3. The van der Waals surface area contributed by atoms with Gasteiger partial charge in [0.25, 0.3) is 0 Å². The van der Waals surface area contributed by atoms with Gasteiger partial charge < -0.3 is 4.90 Å². The van der Waals surface area contributed by atoms with Crippen molar-refractivity contribution in [2.75, 3.05) is 33.7 Å². The Morgan fingerprint density at radius 1 is 1.37 bits per heavy atom. The minimum Gasteiger partial charge on any atom is -0.305 e. The van der Waals surface area contributed by atoms with E-state index >= 15 is 0 Å². The molecule has 0 aliphatic carbocycles. The van der Waals surface area contributed by atoms with Crippen molar-refractivity contribution in [3.63, 3.8) is 0 Å². The summed E-state index contributed by atoms with van der Waals surface area (Å²) in [6.07, 6.45) is 2.31. The summed E-state index contributed by atoms with van der Waals surface area (Å²) in [5.41, 5.74) is 0.591. The number of carbonyl (C=O) groups is 1. The lowest BCUT2D eigenvalue weighted by molar-refractivity contribution is 0.0852. The quantitative estimate of drug-likeness (QED) is 0.778. The number of hydrogen-bond acceptors (Lipinski definition) is 3. The van der Waals surface area contributed by atoms with Crippen molar-refractivity contribution < 1.29 is 9.18 Å². The second-order valence-electron chi connectivity index (χ2n) is 5.42. The number of likely N-dealkylation sites (tertiary alicyclic amines) is 1. The van der Waals surface area contributed by atoms with Gasteiger partial charge in [0.05, 0.1) is 6.54 Å². The Kier molecular flexibility index (Phi) is 4.66. The van der Waals surface area contributed by atoms with E-state index in [1.54, 1.807) is 12.1 Å². The van der Waals surface area contributed by atoms with Crippen molar-refractivity contribution >= 4 is 5.78 Å². The fourth-order valence-electron chi connectivity index (χ4n) is 2.53. The summed E-state index contributed by atoms with van der Waals surface area (Å²) in [5.74, 6) is -0.235. The van der Waals surface area contributed by atoms with Crippen molar-refractivity contribution in [2.45, 2.75) is 18.9 Å². The minimum absolute atomic E-state index is 0.0689. The molecule has 1 atom stereocenters. The van der Waals surface area contributed by atoms with E-state index in [1.807, 2.05) is 0 Å². The number of Topliss-reactive ketones (excluding diaryl/α,β-unsaturated/α-hetero) is 1. The topological polar surface area (TPSA) is 23.6 Å². The number of piperidine rings is 1. The van der Waals surface area contributed by atoms with Crippen LogP contribution in [-0.2, 0) is 0 Å². The van der Waals surface area contributed by atoms with E-state index in [0.717, 1.165) is 19.5 Å². The summed E-state index contributed by atoms with van der Waals surface area (Å²) in [6.45, 7) is 2.33. The number of likely N-dealkylation sites (N-methyl/N-ethyl adjacent to an activating group) is 1. The Balaban J connectivity index is 1.93. The summed E-state index contributed by atoms with van der Waals surface area (Å²) < 4.78 is 12.8. The molecule has 0 radical (unpaired) electrons. The zero-order valence-electron chi connectivity index (χ0n) is 11.6. The Hall–Kier alpha value is -1.26. The zero-order valence-corrected chi connectivity index (χ0v) is 11.6. The molecule has 19 heavy (non-hydrogen) atoms. The zero-order chi connectivity index (χ0) is 13.8. The third-order valence-electron chi connectivity index (χ3n) is 3.74. The van der Waals surface area contributed by atoms with Crippen LogP contribution in [0.15, 0.2) is 24.3 Å². The lowest BCUT2D eigenvalue weighted by Crippen LogP contribution is -2.46. The van der Waals surface area contributed by atoms with Crippen molar-refractivity contribution in [2.24, 2.45) is 0 Å². The molecule has 1 aliphatic heterocycles. The number of hydrogen-bond donors (Lipinski definition) is 0. The number of carbonyl (C=O) groups excluding carboxylic acids is 1. The molecule has 1 saturated heterocycles. The van der Waals surface area contributed by atoms with Gasteiger partial charge in [0.2, 0.25) is 0 Å². The molecule has 0 saturated carbocycles. The Morgan fingerprint density at radius 2 is 2.05 bits per heavy atom. The maximum Gasteiger partial charge on any atom is 0.176 e. The Labute approximate surface area is 114 Å². The molecule has 1 aliphatic rings. The maximum absolute atomic E-state index is 12.8. The van der Waals surface area contributed by atoms with E-state index in [0.29, 0.717) is 18.2 Å². The van der Waals surface area contributed by atoms with Gasteiger partial charge in [-0.1, -0.05) is 0 Å². The van der Waals surface area contributed by atoms with Crippen LogP contribution in [-0.4, -0.2) is 55.4 Å². The molecule has 1 aromatic carbocycles. The lowest BCUT2D eigenvalue weighted by Gasteiger charge is -2.35. The second-order valence-corrected chi connectivity index (χ2v) is 5.42. The van der Waals surface area contributed by atoms with Crippen LogP contribution >= 0.6 is 0 Å². The van der Waals surface area contributed by atoms with Gasteiger partial charge in [0.1, 0.15) is 5.82 Å². The van der Waals surface area contributed by atoms with Crippen molar-refractivity contribution in [3.05, 3.63) is 35.6 Å². The van der Waals surface area contributed by atoms with Gasteiger partial charge in [0, 0.05) is 18.2 Å². The summed E-state index contributed by atoms with van der Waals surface area (Å²) >= 11 is 0. The average Bonchev–Trinajstić information content (AvgIpc) is 2.39.